The molecule has 1 heterocycles. The zero-order chi connectivity index (χ0) is 25.3. The van der Waals surface area contributed by atoms with Gasteiger partial charge in [0.15, 0.2) is 0 Å². The molecule has 0 aromatic heterocycles. The van der Waals surface area contributed by atoms with Crippen LogP contribution in [0.1, 0.15) is 18.4 Å². The Morgan fingerprint density at radius 2 is 1.66 bits per heavy atom. The first-order valence-electron chi connectivity index (χ1n) is 11.2. The fraction of sp³-hybridized carbons (Fsp3) is 0.458. The molecule has 0 bridgehead atoms. The van der Waals surface area contributed by atoms with Gasteiger partial charge >= 0.3 is 0 Å². The van der Waals surface area contributed by atoms with E-state index in [-0.39, 0.29) is 36.2 Å². The Kier molecular flexibility index (Phi) is 5.52. The van der Waals surface area contributed by atoms with Crippen LogP contribution in [0.4, 0.5) is 22.0 Å². The molecule has 5 atom stereocenters. The second-order valence-electron chi connectivity index (χ2n) is 9.76. The SMILES string of the molecule is CS(=O)(=O)N[C@H]1[C@H]2CN(C(=O)[C@@H]3C[C@@]3(F)c3ccccc3-c3c(F)cccc3F)C[C@H]2CC1(F)F. The average molecular weight is 515 g/mol. The summed E-state index contributed by atoms with van der Waals surface area (Å²) in [6, 6.07) is 7.50. The van der Waals surface area contributed by atoms with Crippen LogP contribution >= 0.6 is 0 Å². The van der Waals surface area contributed by atoms with Crippen LogP contribution in [0, 0.1) is 29.4 Å². The summed E-state index contributed by atoms with van der Waals surface area (Å²) in [5.74, 6) is -8.09. The molecule has 2 saturated carbocycles. The lowest BCUT2D eigenvalue weighted by Crippen LogP contribution is -2.49. The van der Waals surface area contributed by atoms with Crippen LogP contribution in [0.3, 0.4) is 0 Å². The van der Waals surface area contributed by atoms with Crippen molar-refractivity contribution >= 4 is 15.9 Å². The summed E-state index contributed by atoms with van der Waals surface area (Å²) in [4.78, 5) is 14.5. The summed E-state index contributed by atoms with van der Waals surface area (Å²) >= 11 is 0. The van der Waals surface area contributed by atoms with Crippen LogP contribution < -0.4 is 4.72 Å². The summed E-state index contributed by atoms with van der Waals surface area (Å²) in [6.07, 6.45) is 0.0210. The molecular weight excluding hydrogens is 491 g/mol. The van der Waals surface area contributed by atoms with Gasteiger partial charge in [0.2, 0.25) is 15.9 Å². The lowest BCUT2D eigenvalue weighted by atomic mass is 9.93. The Hall–Kier alpha value is -2.53. The summed E-state index contributed by atoms with van der Waals surface area (Å²) in [7, 11) is -3.91. The largest absolute Gasteiger partial charge is 0.342 e. The van der Waals surface area contributed by atoms with Crippen molar-refractivity contribution < 1.29 is 35.2 Å². The maximum atomic E-state index is 16.0. The number of amides is 1. The normalized spacial score (nSPS) is 31.4. The molecule has 0 spiro atoms. The van der Waals surface area contributed by atoms with Crippen molar-refractivity contribution in [2.24, 2.45) is 17.8 Å². The van der Waals surface area contributed by atoms with Gasteiger partial charge in [0, 0.05) is 31.8 Å². The van der Waals surface area contributed by atoms with Gasteiger partial charge in [-0.3, -0.25) is 4.79 Å². The van der Waals surface area contributed by atoms with Gasteiger partial charge in [-0.15, -0.1) is 0 Å². The third kappa shape index (κ3) is 4.12. The van der Waals surface area contributed by atoms with Gasteiger partial charge in [0.1, 0.15) is 17.3 Å². The monoisotopic (exact) mass is 514 g/mol. The molecule has 35 heavy (non-hydrogen) atoms. The molecule has 1 saturated heterocycles. The van der Waals surface area contributed by atoms with Crippen LogP contribution in [-0.2, 0) is 20.5 Å². The predicted molar refractivity (Wildman–Crippen MR) is 118 cm³/mol. The quantitative estimate of drug-likeness (QED) is 0.617. The number of nitrogens with one attached hydrogen (secondary N) is 1. The van der Waals surface area contributed by atoms with Gasteiger partial charge in [-0.2, -0.15) is 0 Å². The number of hydrogen-bond donors (Lipinski definition) is 1. The molecule has 2 aromatic carbocycles. The zero-order valence-corrected chi connectivity index (χ0v) is 19.5. The molecule has 0 radical (unpaired) electrons. The van der Waals surface area contributed by atoms with Gasteiger partial charge in [-0.1, -0.05) is 30.3 Å². The summed E-state index contributed by atoms with van der Waals surface area (Å²) < 4.78 is 98.9. The van der Waals surface area contributed by atoms with E-state index in [1.54, 1.807) is 0 Å². The summed E-state index contributed by atoms with van der Waals surface area (Å²) in [6.45, 7) is -0.153. The van der Waals surface area contributed by atoms with Crippen molar-refractivity contribution in [2.75, 3.05) is 19.3 Å². The first kappa shape index (κ1) is 24.2. The minimum atomic E-state index is -3.91. The lowest BCUT2D eigenvalue weighted by molar-refractivity contribution is -0.133. The number of benzene rings is 2. The highest BCUT2D eigenvalue weighted by molar-refractivity contribution is 7.88. The number of carbonyl (C=O) groups is 1. The van der Waals surface area contributed by atoms with E-state index in [1.165, 1.54) is 35.2 Å². The maximum Gasteiger partial charge on any atom is 0.264 e. The van der Waals surface area contributed by atoms with Crippen LogP contribution in [0.2, 0.25) is 0 Å². The van der Waals surface area contributed by atoms with Gasteiger partial charge in [-0.25, -0.2) is 35.1 Å². The highest BCUT2D eigenvalue weighted by atomic mass is 32.2. The van der Waals surface area contributed by atoms with E-state index in [4.69, 9.17) is 0 Å². The van der Waals surface area contributed by atoms with Crippen molar-refractivity contribution in [3.05, 3.63) is 59.7 Å². The highest BCUT2D eigenvalue weighted by Crippen LogP contribution is 2.59. The Bertz CT molecular complexity index is 1280. The Labute approximate surface area is 199 Å². The molecule has 3 fully saturated rings. The first-order valence-corrected chi connectivity index (χ1v) is 13.1. The number of alkyl halides is 3. The number of halogens is 5. The molecular formula is C24H23F5N2O3S. The molecule has 5 rings (SSSR count). The number of likely N-dealkylation sites (tertiary alicyclic amines) is 1. The number of fused-ring (bicyclic) bond motifs is 1. The Morgan fingerprint density at radius 3 is 2.31 bits per heavy atom. The van der Waals surface area contributed by atoms with E-state index in [1.807, 2.05) is 4.72 Å². The van der Waals surface area contributed by atoms with Crippen molar-refractivity contribution in [3.8, 4) is 11.1 Å². The smallest absolute Gasteiger partial charge is 0.264 e. The molecule has 1 amide bonds. The molecule has 1 N–H and O–H groups in total. The number of rotatable bonds is 5. The van der Waals surface area contributed by atoms with Crippen molar-refractivity contribution in [1.82, 2.24) is 9.62 Å². The molecule has 188 valence electrons. The van der Waals surface area contributed by atoms with E-state index in [9.17, 15) is 30.8 Å². The molecule has 11 heteroatoms. The van der Waals surface area contributed by atoms with E-state index in [0.29, 0.717) is 0 Å². The Balaban J connectivity index is 1.38. The maximum absolute atomic E-state index is 16.0. The predicted octanol–water partition coefficient (Wildman–Crippen LogP) is 3.85. The minimum Gasteiger partial charge on any atom is -0.342 e. The Morgan fingerprint density at radius 1 is 1.00 bits per heavy atom. The number of sulfonamides is 1. The fourth-order valence-electron chi connectivity index (χ4n) is 5.72. The first-order chi connectivity index (χ1) is 16.3. The summed E-state index contributed by atoms with van der Waals surface area (Å²) in [5.41, 5.74) is -2.54. The standard InChI is InChI=1S/C24H23F5N2O3S/c1-35(33,34)30-21-15-12-31(11-13(15)9-24(21,28)29)22(32)17-10-23(17,27)16-6-3-2-5-14(16)20-18(25)7-4-8-19(20)26/h2-8,13,15,17,21,30H,9-12H2,1H3/t13-,15+,17+,21+,23-/m1/s1. The molecule has 0 unspecified atom stereocenters. The van der Waals surface area contributed by atoms with Crippen LogP contribution in [-0.4, -0.2) is 50.5 Å². The molecule has 2 aliphatic carbocycles. The van der Waals surface area contributed by atoms with Gasteiger partial charge in [0.25, 0.3) is 5.92 Å². The van der Waals surface area contributed by atoms with Crippen LogP contribution in [0.25, 0.3) is 11.1 Å². The molecule has 1 aliphatic heterocycles. The molecule has 2 aromatic rings. The third-order valence-electron chi connectivity index (χ3n) is 7.36. The van der Waals surface area contributed by atoms with E-state index in [0.717, 1.165) is 18.4 Å². The summed E-state index contributed by atoms with van der Waals surface area (Å²) in [5, 5.41) is 0. The fourth-order valence-corrected chi connectivity index (χ4v) is 6.53. The van der Waals surface area contributed by atoms with Crippen LogP contribution in [0.5, 0.6) is 0 Å². The van der Waals surface area contributed by atoms with Gasteiger partial charge in [0.05, 0.1) is 23.8 Å². The number of nitrogens with zero attached hydrogens (tertiary/aromatic N) is 1. The number of carbonyl (C=O) groups excluding carboxylic acids is 1. The highest BCUT2D eigenvalue weighted by Gasteiger charge is 2.65. The van der Waals surface area contributed by atoms with Crippen molar-refractivity contribution in [2.45, 2.75) is 30.5 Å². The van der Waals surface area contributed by atoms with E-state index >= 15 is 4.39 Å². The number of hydrogen-bond acceptors (Lipinski definition) is 3. The zero-order valence-electron chi connectivity index (χ0n) is 18.6. The van der Waals surface area contributed by atoms with Crippen LogP contribution in [0.15, 0.2) is 42.5 Å². The van der Waals surface area contributed by atoms with Crippen molar-refractivity contribution in [3.63, 3.8) is 0 Å². The van der Waals surface area contributed by atoms with E-state index in [2.05, 4.69) is 0 Å². The van der Waals surface area contributed by atoms with Crippen molar-refractivity contribution in [1.29, 1.82) is 0 Å². The van der Waals surface area contributed by atoms with Gasteiger partial charge < -0.3 is 4.90 Å². The second kappa shape index (κ2) is 7.99. The molecule has 5 nitrogen and oxygen atoms in total. The topological polar surface area (TPSA) is 66.5 Å². The lowest BCUT2D eigenvalue weighted by Gasteiger charge is -2.26. The molecule has 3 aliphatic rings. The second-order valence-corrected chi connectivity index (χ2v) is 11.5. The minimum absolute atomic E-state index is 0.00936. The van der Waals surface area contributed by atoms with E-state index < -0.39 is 69.4 Å². The van der Waals surface area contributed by atoms with Gasteiger partial charge in [-0.05, 0) is 29.2 Å². The average Bonchev–Trinajstić information content (AvgIpc) is 3.20. The third-order valence-corrected chi connectivity index (χ3v) is 8.04.